The van der Waals surface area contributed by atoms with Crippen molar-refractivity contribution in [1.82, 2.24) is 10.2 Å². The highest BCUT2D eigenvalue weighted by Gasteiger charge is 2.10. The standard InChI is InChI=1S/C14H32N2O/c1-5-14(3)16(12-13-17-4)11-9-7-8-10-15-6-2/h14-15H,5-13H2,1-4H3. The summed E-state index contributed by atoms with van der Waals surface area (Å²) in [6.45, 7) is 12.1. The molecule has 0 aliphatic heterocycles. The predicted molar refractivity (Wildman–Crippen MR) is 75.6 cm³/mol. The molecule has 0 aliphatic rings. The summed E-state index contributed by atoms with van der Waals surface area (Å²) in [5.41, 5.74) is 0. The number of nitrogens with one attached hydrogen (secondary N) is 1. The van der Waals surface area contributed by atoms with Gasteiger partial charge in [-0.05, 0) is 45.8 Å². The molecule has 0 rings (SSSR count). The van der Waals surface area contributed by atoms with Gasteiger partial charge in [0.1, 0.15) is 0 Å². The highest BCUT2D eigenvalue weighted by atomic mass is 16.5. The second-order valence-corrected chi connectivity index (χ2v) is 4.70. The Labute approximate surface area is 108 Å². The highest BCUT2D eigenvalue weighted by molar-refractivity contribution is 4.65. The van der Waals surface area contributed by atoms with Crippen LogP contribution in [0.1, 0.15) is 46.5 Å². The number of rotatable bonds is 12. The molecular weight excluding hydrogens is 212 g/mol. The molecular formula is C14H32N2O. The highest BCUT2D eigenvalue weighted by Crippen LogP contribution is 2.06. The summed E-state index contributed by atoms with van der Waals surface area (Å²) in [5.74, 6) is 0. The zero-order valence-corrected chi connectivity index (χ0v) is 12.3. The van der Waals surface area contributed by atoms with Crippen molar-refractivity contribution in [3.05, 3.63) is 0 Å². The van der Waals surface area contributed by atoms with E-state index in [-0.39, 0.29) is 0 Å². The Kier molecular flexibility index (Phi) is 12.3. The van der Waals surface area contributed by atoms with Crippen LogP contribution in [0, 0.1) is 0 Å². The fraction of sp³-hybridized carbons (Fsp3) is 1.00. The first-order valence-corrected chi connectivity index (χ1v) is 7.19. The number of hydrogen-bond acceptors (Lipinski definition) is 3. The lowest BCUT2D eigenvalue weighted by Crippen LogP contribution is -2.36. The van der Waals surface area contributed by atoms with E-state index in [0.29, 0.717) is 6.04 Å². The van der Waals surface area contributed by atoms with E-state index in [9.17, 15) is 0 Å². The Bertz CT molecular complexity index is 153. The maximum Gasteiger partial charge on any atom is 0.0589 e. The molecule has 104 valence electrons. The van der Waals surface area contributed by atoms with Crippen molar-refractivity contribution in [2.24, 2.45) is 0 Å². The van der Waals surface area contributed by atoms with Gasteiger partial charge in [-0.2, -0.15) is 0 Å². The van der Waals surface area contributed by atoms with Gasteiger partial charge in [0.15, 0.2) is 0 Å². The molecule has 0 saturated carbocycles. The van der Waals surface area contributed by atoms with Crippen LogP contribution in [0.25, 0.3) is 0 Å². The summed E-state index contributed by atoms with van der Waals surface area (Å²) >= 11 is 0. The van der Waals surface area contributed by atoms with Gasteiger partial charge in [0.25, 0.3) is 0 Å². The molecule has 1 unspecified atom stereocenters. The van der Waals surface area contributed by atoms with Crippen molar-refractivity contribution in [3.8, 4) is 0 Å². The quantitative estimate of drug-likeness (QED) is 0.534. The van der Waals surface area contributed by atoms with E-state index in [1.54, 1.807) is 7.11 Å². The minimum atomic E-state index is 0.680. The molecule has 0 fully saturated rings. The van der Waals surface area contributed by atoms with Crippen molar-refractivity contribution in [2.45, 2.75) is 52.5 Å². The zero-order chi connectivity index (χ0) is 12.9. The van der Waals surface area contributed by atoms with Crippen molar-refractivity contribution in [2.75, 3.05) is 39.9 Å². The fourth-order valence-electron chi connectivity index (χ4n) is 1.94. The Morgan fingerprint density at radius 1 is 1.12 bits per heavy atom. The monoisotopic (exact) mass is 244 g/mol. The van der Waals surface area contributed by atoms with Crippen LogP contribution in [0.3, 0.4) is 0 Å². The lowest BCUT2D eigenvalue weighted by Gasteiger charge is -2.28. The van der Waals surface area contributed by atoms with E-state index in [1.165, 1.54) is 32.2 Å². The second kappa shape index (κ2) is 12.3. The third-order valence-corrected chi connectivity index (χ3v) is 3.35. The minimum absolute atomic E-state index is 0.680. The zero-order valence-electron chi connectivity index (χ0n) is 12.3. The third kappa shape index (κ3) is 9.57. The van der Waals surface area contributed by atoms with Crippen LogP contribution in [-0.4, -0.2) is 50.8 Å². The first-order chi connectivity index (χ1) is 8.26. The van der Waals surface area contributed by atoms with Crippen LogP contribution in [0.5, 0.6) is 0 Å². The maximum atomic E-state index is 5.17. The number of hydrogen-bond donors (Lipinski definition) is 1. The van der Waals surface area contributed by atoms with Crippen molar-refractivity contribution in [1.29, 1.82) is 0 Å². The van der Waals surface area contributed by atoms with Crippen LogP contribution in [0.15, 0.2) is 0 Å². The van der Waals surface area contributed by atoms with E-state index >= 15 is 0 Å². The van der Waals surface area contributed by atoms with Crippen LogP contribution in [0.4, 0.5) is 0 Å². The van der Waals surface area contributed by atoms with Crippen LogP contribution < -0.4 is 5.32 Å². The molecule has 1 atom stereocenters. The van der Waals surface area contributed by atoms with Gasteiger partial charge in [-0.3, -0.25) is 4.90 Å². The van der Waals surface area contributed by atoms with Gasteiger partial charge < -0.3 is 10.1 Å². The summed E-state index contributed by atoms with van der Waals surface area (Å²) in [6.07, 6.45) is 5.15. The van der Waals surface area contributed by atoms with Gasteiger partial charge in [-0.1, -0.05) is 20.3 Å². The summed E-state index contributed by atoms with van der Waals surface area (Å²) in [7, 11) is 1.78. The molecule has 3 nitrogen and oxygen atoms in total. The van der Waals surface area contributed by atoms with Gasteiger partial charge in [-0.25, -0.2) is 0 Å². The third-order valence-electron chi connectivity index (χ3n) is 3.35. The van der Waals surface area contributed by atoms with Gasteiger partial charge in [0.2, 0.25) is 0 Å². The molecule has 0 aliphatic carbocycles. The van der Waals surface area contributed by atoms with E-state index in [1.807, 2.05) is 0 Å². The van der Waals surface area contributed by atoms with Crippen LogP contribution in [-0.2, 0) is 4.74 Å². The summed E-state index contributed by atoms with van der Waals surface area (Å²) < 4.78 is 5.17. The smallest absolute Gasteiger partial charge is 0.0589 e. The molecule has 0 spiro atoms. The molecule has 0 radical (unpaired) electrons. The second-order valence-electron chi connectivity index (χ2n) is 4.70. The molecule has 0 bridgehead atoms. The topological polar surface area (TPSA) is 24.5 Å². The Balaban J connectivity index is 3.60. The summed E-state index contributed by atoms with van der Waals surface area (Å²) in [4.78, 5) is 2.55. The average Bonchev–Trinajstić information content (AvgIpc) is 2.36. The first kappa shape index (κ1) is 16.9. The van der Waals surface area contributed by atoms with E-state index in [2.05, 4.69) is 31.0 Å². The minimum Gasteiger partial charge on any atom is -0.383 e. The molecule has 0 aromatic rings. The lowest BCUT2D eigenvalue weighted by atomic mass is 10.1. The van der Waals surface area contributed by atoms with Gasteiger partial charge >= 0.3 is 0 Å². The predicted octanol–water partition coefficient (Wildman–Crippen LogP) is 2.51. The van der Waals surface area contributed by atoms with Gasteiger partial charge in [-0.15, -0.1) is 0 Å². The fourth-order valence-corrected chi connectivity index (χ4v) is 1.94. The Morgan fingerprint density at radius 2 is 1.88 bits per heavy atom. The van der Waals surface area contributed by atoms with Crippen molar-refractivity contribution in [3.63, 3.8) is 0 Å². The van der Waals surface area contributed by atoms with E-state index < -0.39 is 0 Å². The normalized spacial score (nSPS) is 13.2. The maximum absolute atomic E-state index is 5.17. The molecule has 0 amide bonds. The van der Waals surface area contributed by atoms with E-state index in [0.717, 1.165) is 26.2 Å². The molecule has 0 aromatic carbocycles. The lowest BCUT2D eigenvalue weighted by molar-refractivity contribution is 0.121. The molecule has 0 heterocycles. The van der Waals surface area contributed by atoms with Gasteiger partial charge in [0, 0.05) is 19.7 Å². The molecule has 17 heavy (non-hydrogen) atoms. The van der Waals surface area contributed by atoms with Crippen molar-refractivity contribution >= 4 is 0 Å². The Morgan fingerprint density at radius 3 is 2.47 bits per heavy atom. The molecule has 0 aromatic heterocycles. The summed E-state index contributed by atoms with van der Waals surface area (Å²) in [6, 6.07) is 0.680. The van der Waals surface area contributed by atoms with Gasteiger partial charge in [0.05, 0.1) is 6.61 Å². The first-order valence-electron chi connectivity index (χ1n) is 7.19. The SMILES string of the molecule is CCNCCCCCN(CCOC)C(C)CC. The number of ether oxygens (including phenoxy) is 1. The molecule has 1 N–H and O–H groups in total. The molecule has 0 saturated heterocycles. The van der Waals surface area contributed by atoms with Crippen LogP contribution >= 0.6 is 0 Å². The Hall–Kier alpha value is -0.120. The average molecular weight is 244 g/mol. The number of nitrogens with zero attached hydrogens (tertiary/aromatic N) is 1. The van der Waals surface area contributed by atoms with Crippen LogP contribution in [0.2, 0.25) is 0 Å². The number of methoxy groups -OCH3 is 1. The summed E-state index contributed by atoms with van der Waals surface area (Å²) in [5, 5.41) is 3.37. The van der Waals surface area contributed by atoms with E-state index in [4.69, 9.17) is 4.74 Å². The number of unbranched alkanes of at least 4 members (excludes halogenated alkanes) is 2. The van der Waals surface area contributed by atoms with Crippen molar-refractivity contribution < 1.29 is 4.74 Å². The largest absolute Gasteiger partial charge is 0.383 e. The molecule has 3 heteroatoms.